The minimum Gasteiger partial charge on any atom is -0.448 e. The maximum absolute atomic E-state index is 12.3. The highest BCUT2D eigenvalue weighted by Gasteiger charge is 2.12. The number of amides is 1. The Morgan fingerprint density at radius 3 is 2.39 bits per heavy atom. The third-order valence-electron chi connectivity index (χ3n) is 4.93. The molecular weight excluding hydrogens is 464 g/mol. The number of nitrogens with one attached hydrogen (secondary N) is 3. The fourth-order valence-corrected chi connectivity index (χ4v) is 3.06. The van der Waals surface area contributed by atoms with Gasteiger partial charge in [0, 0.05) is 31.3 Å². The van der Waals surface area contributed by atoms with E-state index in [1.54, 1.807) is 30.3 Å². The van der Waals surface area contributed by atoms with E-state index in [9.17, 15) is 14.9 Å². The van der Waals surface area contributed by atoms with Crippen LogP contribution in [0.3, 0.4) is 0 Å². The first kappa shape index (κ1) is 25.9. The molecule has 3 N–H and O–H groups in total. The first-order valence-corrected chi connectivity index (χ1v) is 11.0. The van der Waals surface area contributed by atoms with Gasteiger partial charge in [0.25, 0.3) is 5.69 Å². The summed E-state index contributed by atoms with van der Waals surface area (Å²) in [5.41, 5.74) is 2.40. The van der Waals surface area contributed by atoms with Crippen molar-refractivity contribution in [2.75, 3.05) is 56.3 Å². The van der Waals surface area contributed by atoms with Crippen molar-refractivity contribution in [1.82, 2.24) is 14.9 Å². The van der Waals surface area contributed by atoms with E-state index in [1.165, 1.54) is 24.5 Å². The van der Waals surface area contributed by atoms with Crippen molar-refractivity contribution < 1.29 is 14.5 Å². The Morgan fingerprint density at radius 1 is 1.08 bits per heavy atom. The van der Waals surface area contributed by atoms with Crippen LogP contribution in [0, 0.1) is 21.4 Å². The molecule has 2 aromatic heterocycles. The van der Waals surface area contributed by atoms with Crippen LogP contribution in [0.2, 0.25) is 0 Å². The number of benzene rings is 1. The number of hydrogen-bond donors (Lipinski definition) is 3. The summed E-state index contributed by atoms with van der Waals surface area (Å²) in [6.45, 7) is 1.81. The van der Waals surface area contributed by atoms with Crippen LogP contribution in [-0.4, -0.2) is 66.2 Å². The topological polar surface area (TPSA) is 158 Å². The number of anilines is 3. The van der Waals surface area contributed by atoms with E-state index in [0.717, 1.165) is 5.56 Å². The maximum atomic E-state index is 12.3. The second-order valence-corrected chi connectivity index (χ2v) is 7.88. The number of pyridine rings is 2. The molecule has 0 atom stereocenters. The van der Waals surface area contributed by atoms with Crippen molar-refractivity contribution in [2.24, 2.45) is 0 Å². The zero-order valence-corrected chi connectivity index (χ0v) is 19.9. The van der Waals surface area contributed by atoms with Gasteiger partial charge in [-0.25, -0.2) is 14.8 Å². The van der Waals surface area contributed by atoms with Crippen LogP contribution in [0.4, 0.5) is 27.8 Å². The summed E-state index contributed by atoms with van der Waals surface area (Å²) in [5, 5.41) is 28.8. The highest BCUT2D eigenvalue weighted by molar-refractivity contribution is 5.92. The molecule has 36 heavy (non-hydrogen) atoms. The summed E-state index contributed by atoms with van der Waals surface area (Å²) < 4.78 is 5.23. The van der Waals surface area contributed by atoms with E-state index in [2.05, 4.69) is 32.0 Å². The smallest absolute Gasteiger partial charge is 0.411 e. The van der Waals surface area contributed by atoms with Gasteiger partial charge in [-0.2, -0.15) is 5.26 Å². The molecule has 0 spiro atoms. The van der Waals surface area contributed by atoms with E-state index in [-0.39, 0.29) is 12.3 Å². The Balaban J connectivity index is 1.67. The summed E-state index contributed by atoms with van der Waals surface area (Å²) in [4.78, 5) is 32.8. The average molecular weight is 491 g/mol. The molecule has 0 bridgehead atoms. The quantitative estimate of drug-likeness (QED) is 0.206. The summed E-state index contributed by atoms with van der Waals surface area (Å²) in [6.07, 6.45) is 2.14. The van der Waals surface area contributed by atoms with Crippen LogP contribution >= 0.6 is 0 Å². The molecule has 0 unspecified atom stereocenters. The van der Waals surface area contributed by atoms with Crippen molar-refractivity contribution in [1.29, 1.82) is 5.26 Å². The van der Waals surface area contributed by atoms with Crippen molar-refractivity contribution >= 4 is 29.1 Å². The SMILES string of the molecule is CN(C)CCOC(=O)Nc1cnc(NCCNc2ccc([N+](=O)[O-])cn2)cc1-c1ccc(C#N)cc1. The van der Waals surface area contributed by atoms with Crippen molar-refractivity contribution in [3.05, 3.63) is 70.5 Å². The molecule has 0 radical (unpaired) electrons. The van der Waals surface area contributed by atoms with Gasteiger partial charge >= 0.3 is 6.09 Å². The predicted molar refractivity (Wildman–Crippen MR) is 136 cm³/mol. The van der Waals surface area contributed by atoms with Crippen molar-refractivity contribution in [2.45, 2.75) is 0 Å². The van der Waals surface area contributed by atoms with Gasteiger partial charge in [-0.05, 0) is 43.9 Å². The number of rotatable bonds is 11. The fourth-order valence-electron chi connectivity index (χ4n) is 3.06. The number of carbonyl (C=O) groups is 1. The lowest BCUT2D eigenvalue weighted by Gasteiger charge is -2.15. The monoisotopic (exact) mass is 490 g/mol. The standard InChI is InChI=1S/C24H26N8O4/c1-31(2)11-12-36-24(33)30-21-16-29-23(13-20(21)18-5-3-17(14-25)4-6-18)27-10-9-26-22-8-7-19(15-28-22)32(34)35/h3-8,13,15-16H,9-12H2,1-2H3,(H,26,28)(H,27,29)(H,30,33). The molecule has 0 fully saturated rings. The zero-order valence-electron chi connectivity index (χ0n) is 19.9. The Bertz CT molecular complexity index is 1220. The normalized spacial score (nSPS) is 10.4. The van der Waals surface area contributed by atoms with Gasteiger partial charge in [0.15, 0.2) is 0 Å². The van der Waals surface area contributed by atoms with Crippen LogP contribution in [0.15, 0.2) is 54.9 Å². The molecule has 12 nitrogen and oxygen atoms in total. The molecule has 0 saturated heterocycles. The molecule has 1 aromatic carbocycles. The largest absolute Gasteiger partial charge is 0.448 e. The lowest BCUT2D eigenvalue weighted by atomic mass is 10.0. The third kappa shape index (κ3) is 7.64. The number of nitro groups is 1. The van der Waals surface area contributed by atoms with Gasteiger partial charge in [-0.1, -0.05) is 12.1 Å². The minimum absolute atomic E-state index is 0.0755. The summed E-state index contributed by atoms with van der Waals surface area (Å²) in [5.74, 6) is 1.08. The molecule has 0 aliphatic rings. The van der Waals surface area contributed by atoms with Gasteiger partial charge in [-0.15, -0.1) is 0 Å². The van der Waals surface area contributed by atoms with E-state index < -0.39 is 11.0 Å². The number of carbonyl (C=O) groups excluding carboxylic acids is 1. The molecule has 1 amide bonds. The third-order valence-corrected chi connectivity index (χ3v) is 4.93. The molecule has 3 aromatic rings. The van der Waals surface area contributed by atoms with Crippen LogP contribution in [0.25, 0.3) is 11.1 Å². The molecule has 186 valence electrons. The van der Waals surface area contributed by atoms with Crippen molar-refractivity contribution in [3.8, 4) is 17.2 Å². The molecule has 12 heteroatoms. The second kappa shape index (κ2) is 12.6. The molecule has 2 heterocycles. The maximum Gasteiger partial charge on any atom is 0.411 e. The summed E-state index contributed by atoms with van der Waals surface area (Å²) >= 11 is 0. The lowest BCUT2D eigenvalue weighted by molar-refractivity contribution is -0.385. The van der Waals surface area contributed by atoms with Gasteiger partial charge in [-0.3, -0.25) is 15.4 Å². The Hall–Kier alpha value is -4.76. The van der Waals surface area contributed by atoms with Crippen molar-refractivity contribution in [3.63, 3.8) is 0 Å². The highest BCUT2D eigenvalue weighted by Crippen LogP contribution is 2.30. The van der Waals surface area contributed by atoms with E-state index in [0.29, 0.717) is 48.1 Å². The molecule has 0 aliphatic carbocycles. The van der Waals surface area contributed by atoms with Crippen LogP contribution in [-0.2, 0) is 4.74 Å². The Kier molecular flexibility index (Phi) is 9.07. The van der Waals surface area contributed by atoms with E-state index >= 15 is 0 Å². The molecule has 0 aliphatic heterocycles. The van der Waals surface area contributed by atoms with Gasteiger partial charge in [0.2, 0.25) is 0 Å². The second-order valence-electron chi connectivity index (χ2n) is 7.88. The van der Waals surface area contributed by atoms with Crippen LogP contribution < -0.4 is 16.0 Å². The number of hydrogen-bond acceptors (Lipinski definition) is 10. The van der Waals surface area contributed by atoms with Gasteiger partial charge in [0.1, 0.15) is 24.4 Å². The average Bonchev–Trinajstić information content (AvgIpc) is 2.87. The predicted octanol–water partition coefficient (Wildman–Crippen LogP) is 3.56. The molecule has 0 saturated carbocycles. The zero-order chi connectivity index (χ0) is 25.9. The number of likely N-dealkylation sites (N-methyl/N-ethyl adjacent to an activating group) is 1. The number of ether oxygens (including phenoxy) is 1. The number of nitriles is 1. The number of nitrogens with zero attached hydrogens (tertiary/aromatic N) is 5. The summed E-state index contributed by atoms with van der Waals surface area (Å²) in [7, 11) is 3.77. The Morgan fingerprint density at radius 2 is 1.78 bits per heavy atom. The Labute approximate surface area is 208 Å². The minimum atomic E-state index is -0.589. The molecular formula is C24H26N8O4. The fraction of sp³-hybridized carbons (Fsp3) is 0.250. The first-order chi connectivity index (χ1) is 17.4. The first-order valence-electron chi connectivity index (χ1n) is 11.0. The van der Waals surface area contributed by atoms with Crippen LogP contribution in [0.1, 0.15) is 5.56 Å². The molecule has 3 rings (SSSR count). The lowest BCUT2D eigenvalue weighted by Crippen LogP contribution is -2.22. The van der Waals surface area contributed by atoms with E-state index in [1.807, 2.05) is 19.0 Å². The highest BCUT2D eigenvalue weighted by atomic mass is 16.6. The van der Waals surface area contributed by atoms with Gasteiger partial charge in [0.05, 0.1) is 28.4 Å². The summed E-state index contributed by atoms with van der Waals surface area (Å²) in [6, 6.07) is 13.8. The van der Waals surface area contributed by atoms with Gasteiger partial charge < -0.3 is 20.3 Å². The number of aromatic nitrogens is 2. The van der Waals surface area contributed by atoms with Crippen LogP contribution in [0.5, 0.6) is 0 Å². The van der Waals surface area contributed by atoms with E-state index in [4.69, 9.17) is 10.00 Å².